The van der Waals surface area contributed by atoms with Gasteiger partial charge in [0.1, 0.15) is 0 Å². The van der Waals surface area contributed by atoms with E-state index in [4.69, 9.17) is 0 Å². The lowest BCUT2D eigenvalue weighted by molar-refractivity contribution is -0.117. The van der Waals surface area contributed by atoms with Crippen LogP contribution in [0.1, 0.15) is 18.4 Å². The molecule has 0 spiro atoms. The molecule has 1 saturated heterocycles. The second-order valence-corrected chi connectivity index (χ2v) is 4.40. The number of carbonyl (C=O) groups is 1. The molecule has 0 aliphatic carbocycles. The Morgan fingerprint density at radius 2 is 2.12 bits per heavy atom. The van der Waals surface area contributed by atoms with Crippen molar-refractivity contribution < 1.29 is 4.79 Å². The van der Waals surface area contributed by atoms with Crippen LogP contribution in [0.15, 0.2) is 24.3 Å². The number of hydrogen-bond donors (Lipinski definition) is 1. The number of hydrogen-bond acceptors (Lipinski definition) is 2. The monoisotopic (exact) mass is 218 g/mol. The van der Waals surface area contributed by atoms with Crippen molar-refractivity contribution in [3.63, 3.8) is 0 Å². The molecule has 1 fully saturated rings. The van der Waals surface area contributed by atoms with Gasteiger partial charge in [-0.3, -0.25) is 9.69 Å². The fraction of sp³-hybridized carbons (Fsp3) is 0.462. The Morgan fingerprint density at radius 3 is 2.81 bits per heavy atom. The van der Waals surface area contributed by atoms with Gasteiger partial charge in [0, 0.05) is 5.69 Å². The summed E-state index contributed by atoms with van der Waals surface area (Å²) in [6.45, 7) is 4.66. The summed E-state index contributed by atoms with van der Waals surface area (Å²) in [5, 5.41) is 2.93. The van der Waals surface area contributed by atoms with Gasteiger partial charge >= 0.3 is 0 Å². The molecule has 0 aromatic heterocycles. The van der Waals surface area contributed by atoms with Crippen LogP contribution >= 0.6 is 0 Å². The second kappa shape index (κ2) is 5.12. The normalized spacial score (nSPS) is 16.3. The fourth-order valence-electron chi connectivity index (χ4n) is 2.07. The number of amides is 1. The maximum atomic E-state index is 11.7. The molecular formula is C13H18N2O. The Balaban J connectivity index is 1.86. The van der Waals surface area contributed by atoms with Crippen LogP contribution in [-0.2, 0) is 4.79 Å². The maximum absolute atomic E-state index is 11.7. The van der Waals surface area contributed by atoms with E-state index in [2.05, 4.69) is 10.2 Å². The summed E-state index contributed by atoms with van der Waals surface area (Å²) in [6.07, 6.45) is 2.44. The van der Waals surface area contributed by atoms with Crippen molar-refractivity contribution in [3.05, 3.63) is 29.8 Å². The van der Waals surface area contributed by atoms with E-state index in [0.29, 0.717) is 6.54 Å². The zero-order valence-electron chi connectivity index (χ0n) is 9.70. The molecule has 3 nitrogen and oxygen atoms in total. The van der Waals surface area contributed by atoms with Crippen molar-refractivity contribution in [3.8, 4) is 0 Å². The summed E-state index contributed by atoms with van der Waals surface area (Å²) < 4.78 is 0. The number of carbonyl (C=O) groups excluding carboxylic acids is 1. The summed E-state index contributed by atoms with van der Waals surface area (Å²) in [5.41, 5.74) is 2.06. The highest BCUT2D eigenvalue weighted by atomic mass is 16.2. The number of aryl methyl sites for hydroxylation is 1. The first-order valence-corrected chi connectivity index (χ1v) is 5.83. The number of nitrogens with one attached hydrogen (secondary N) is 1. The van der Waals surface area contributed by atoms with Crippen LogP contribution in [0.3, 0.4) is 0 Å². The lowest BCUT2D eigenvalue weighted by atomic mass is 10.2. The quantitative estimate of drug-likeness (QED) is 0.842. The van der Waals surface area contributed by atoms with Crippen LogP contribution in [0.25, 0.3) is 0 Å². The van der Waals surface area contributed by atoms with Gasteiger partial charge in [-0.25, -0.2) is 0 Å². The molecule has 3 heteroatoms. The first-order chi connectivity index (χ1) is 7.74. The number of likely N-dealkylation sites (tertiary alicyclic amines) is 1. The Kier molecular flexibility index (Phi) is 3.57. The van der Waals surface area contributed by atoms with Gasteiger partial charge < -0.3 is 5.32 Å². The lowest BCUT2D eigenvalue weighted by Gasteiger charge is -2.14. The van der Waals surface area contributed by atoms with Crippen molar-refractivity contribution in [1.29, 1.82) is 0 Å². The molecule has 1 amide bonds. The van der Waals surface area contributed by atoms with Crippen molar-refractivity contribution in [1.82, 2.24) is 4.90 Å². The van der Waals surface area contributed by atoms with E-state index in [1.807, 2.05) is 31.2 Å². The van der Waals surface area contributed by atoms with Crippen LogP contribution in [0.4, 0.5) is 5.69 Å². The Bertz CT molecular complexity index is 370. The summed E-state index contributed by atoms with van der Waals surface area (Å²) >= 11 is 0. The van der Waals surface area contributed by atoms with Crippen molar-refractivity contribution in [2.75, 3.05) is 25.0 Å². The molecule has 0 unspecified atom stereocenters. The molecular weight excluding hydrogens is 200 g/mol. The van der Waals surface area contributed by atoms with E-state index in [-0.39, 0.29) is 5.91 Å². The van der Waals surface area contributed by atoms with Gasteiger partial charge in [0.15, 0.2) is 0 Å². The number of nitrogens with zero attached hydrogens (tertiary/aromatic N) is 1. The van der Waals surface area contributed by atoms with E-state index in [0.717, 1.165) is 18.8 Å². The molecule has 1 heterocycles. The fourth-order valence-corrected chi connectivity index (χ4v) is 2.07. The van der Waals surface area contributed by atoms with Crippen LogP contribution < -0.4 is 5.32 Å². The van der Waals surface area contributed by atoms with Gasteiger partial charge in [-0.2, -0.15) is 0 Å². The Morgan fingerprint density at radius 1 is 1.38 bits per heavy atom. The number of benzene rings is 1. The molecule has 1 aromatic rings. The second-order valence-electron chi connectivity index (χ2n) is 4.40. The van der Waals surface area contributed by atoms with E-state index < -0.39 is 0 Å². The van der Waals surface area contributed by atoms with E-state index >= 15 is 0 Å². The molecule has 0 bridgehead atoms. The third-order valence-electron chi connectivity index (χ3n) is 2.87. The summed E-state index contributed by atoms with van der Waals surface area (Å²) in [6, 6.07) is 7.90. The average Bonchev–Trinajstić information content (AvgIpc) is 2.70. The predicted octanol–water partition coefficient (Wildman–Crippen LogP) is 2.03. The molecule has 0 atom stereocenters. The van der Waals surface area contributed by atoms with Crippen molar-refractivity contribution in [2.45, 2.75) is 19.8 Å². The highest BCUT2D eigenvalue weighted by Crippen LogP contribution is 2.10. The SMILES string of the molecule is Cc1cccc(NC(=O)CN2CCCC2)c1. The molecule has 86 valence electrons. The van der Waals surface area contributed by atoms with Gasteiger partial charge in [0.05, 0.1) is 6.54 Å². The molecule has 16 heavy (non-hydrogen) atoms. The molecule has 1 N–H and O–H groups in total. The minimum absolute atomic E-state index is 0.0903. The Hall–Kier alpha value is -1.35. The van der Waals surface area contributed by atoms with Crippen molar-refractivity contribution >= 4 is 11.6 Å². The molecule has 1 aromatic carbocycles. The van der Waals surface area contributed by atoms with E-state index in [1.165, 1.54) is 18.4 Å². The summed E-state index contributed by atoms with van der Waals surface area (Å²) in [5.74, 6) is 0.0903. The first kappa shape index (κ1) is 11.1. The topological polar surface area (TPSA) is 32.3 Å². The highest BCUT2D eigenvalue weighted by molar-refractivity contribution is 5.92. The molecule has 0 saturated carbocycles. The zero-order valence-corrected chi connectivity index (χ0v) is 9.70. The zero-order chi connectivity index (χ0) is 11.4. The highest BCUT2D eigenvalue weighted by Gasteiger charge is 2.14. The molecule has 2 rings (SSSR count). The molecule has 0 radical (unpaired) electrons. The lowest BCUT2D eigenvalue weighted by Crippen LogP contribution is -2.30. The van der Waals surface area contributed by atoms with E-state index in [1.54, 1.807) is 0 Å². The molecule has 1 aliphatic rings. The number of rotatable bonds is 3. The van der Waals surface area contributed by atoms with Crippen LogP contribution in [0, 0.1) is 6.92 Å². The molecule has 1 aliphatic heterocycles. The standard InChI is InChI=1S/C13H18N2O/c1-11-5-4-6-12(9-11)14-13(16)10-15-7-2-3-8-15/h4-6,9H,2-3,7-8,10H2,1H3,(H,14,16). The van der Waals surface area contributed by atoms with Gasteiger partial charge in [0.25, 0.3) is 0 Å². The Labute approximate surface area is 96.5 Å². The predicted molar refractivity (Wildman–Crippen MR) is 65.5 cm³/mol. The van der Waals surface area contributed by atoms with Gasteiger partial charge in [-0.05, 0) is 50.6 Å². The van der Waals surface area contributed by atoms with E-state index in [9.17, 15) is 4.79 Å². The van der Waals surface area contributed by atoms with Crippen LogP contribution in [-0.4, -0.2) is 30.4 Å². The van der Waals surface area contributed by atoms with Crippen LogP contribution in [0.2, 0.25) is 0 Å². The summed E-state index contributed by atoms with van der Waals surface area (Å²) in [7, 11) is 0. The smallest absolute Gasteiger partial charge is 0.238 e. The van der Waals surface area contributed by atoms with Gasteiger partial charge in [-0.1, -0.05) is 12.1 Å². The minimum Gasteiger partial charge on any atom is -0.325 e. The largest absolute Gasteiger partial charge is 0.325 e. The third kappa shape index (κ3) is 3.07. The van der Waals surface area contributed by atoms with Gasteiger partial charge in [0.2, 0.25) is 5.91 Å². The first-order valence-electron chi connectivity index (χ1n) is 5.83. The number of anilines is 1. The minimum atomic E-state index is 0.0903. The van der Waals surface area contributed by atoms with Crippen molar-refractivity contribution in [2.24, 2.45) is 0 Å². The summed E-state index contributed by atoms with van der Waals surface area (Å²) in [4.78, 5) is 13.9. The average molecular weight is 218 g/mol. The van der Waals surface area contributed by atoms with Gasteiger partial charge in [-0.15, -0.1) is 0 Å². The third-order valence-corrected chi connectivity index (χ3v) is 2.87. The maximum Gasteiger partial charge on any atom is 0.238 e. The van der Waals surface area contributed by atoms with Crippen LogP contribution in [0.5, 0.6) is 0 Å².